The third-order valence-electron chi connectivity index (χ3n) is 3.21. The minimum absolute atomic E-state index is 0.0264. The number of Topliss-reactive ketones (excluding diaryl/α,β-unsaturated/α-hetero) is 1. The van der Waals surface area contributed by atoms with Gasteiger partial charge in [-0.25, -0.2) is 4.39 Å². The van der Waals surface area contributed by atoms with Crippen molar-refractivity contribution >= 4 is 5.78 Å². The number of ether oxygens (including phenoxy) is 2. The van der Waals surface area contributed by atoms with Crippen molar-refractivity contribution in [2.24, 2.45) is 0 Å². The molecule has 0 bridgehead atoms. The number of halogens is 1. The Morgan fingerprint density at radius 2 is 1.96 bits per heavy atom. The molecule has 0 saturated carbocycles. The van der Waals surface area contributed by atoms with E-state index >= 15 is 0 Å². The zero-order valence-corrected chi connectivity index (χ0v) is 12.9. The zero-order chi connectivity index (χ0) is 16.7. The first-order valence-corrected chi connectivity index (χ1v) is 7.29. The Hall–Kier alpha value is -2.24. The fraction of sp³-hybridized carbons (Fsp3) is 0.278. The van der Waals surface area contributed by atoms with Crippen LogP contribution < -0.4 is 4.74 Å². The molecule has 122 valence electrons. The molecule has 0 aliphatic heterocycles. The van der Waals surface area contributed by atoms with Gasteiger partial charge >= 0.3 is 0 Å². The maximum atomic E-state index is 13.4. The first kappa shape index (κ1) is 17.1. The lowest BCUT2D eigenvalue weighted by Crippen LogP contribution is -2.23. The highest BCUT2D eigenvalue weighted by Crippen LogP contribution is 2.14. The van der Waals surface area contributed by atoms with E-state index in [1.54, 1.807) is 42.5 Å². The zero-order valence-electron chi connectivity index (χ0n) is 12.9. The molecule has 5 heteroatoms. The molecule has 0 heterocycles. The van der Waals surface area contributed by atoms with Crippen molar-refractivity contribution in [1.82, 2.24) is 0 Å². The van der Waals surface area contributed by atoms with Crippen molar-refractivity contribution in [3.05, 3.63) is 65.5 Å². The van der Waals surface area contributed by atoms with E-state index < -0.39 is 6.10 Å². The summed E-state index contributed by atoms with van der Waals surface area (Å²) in [6, 6.07) is 13.1. The number of hydrogen-bond acceptors (Lipinski definition) is 4. The second-order valence-electron chi connectivity index (χ2n) is 5.16. The second kappa shape index (κ2) is 8.41. The van der Waals surface area contributed by atoms with E-state index in [1.165, 1.54) is 13.0 Å². The Bertz CT molecular complexity index is 657. The minimum atomic E-state index is -0.845. The Morgan fingerprint density at radius 3 is 2.70 bits per heavy atom. The van der Waals surface area contributed by atoms with Gasteiger partial charge in [0.05, 0.1) is 13.2 Å². The van der Waals surface area contributed by atoms with Crippen molar-refractivity contribution in [2.75, 3.05) is 13.2 Å². The number of ketones is 1. The number of carbonyl (C=O) groups is 1. The molecular weight excluding hydrogens is 299 g/mol. The third kappa shape index (κ3) is 5.47. The molecule has 0 saturated heterocycles. The summed E-state index contributed by atoms with van der Waals surface area (Å²) in [4.78, 5) is 11.3. The van der Waals surface area contributed by atoms with E-state index in [4.69, 9.17) is 9.47 Å². The molecule has 0 fully saturated rings. The molecular formula is C18H19FO4. The van der Waals surface area contributed by atoms with Crippen LogP contribution in [0.15, 0.2) is 48.5 Å². The fourth-order valence-electron chi connectivity index (χ4n) is 1.97. The third-order valence-corrected chi connectivity index (χ3v) is 3.21. The molecule has 0 amide bonds. The molecule has 1 unspecified atom stereocenters. The Labute approximate surface area is 134 Å². The van der Waals surface area contributed by atoms with Gasteiger partial charge in [-0.15, -0.1) is 0 Å². The Kier molecular flexibility index (Phi) is 6.26. The molecule has 2 aromatic carbocycles. The number of rotatable bonds is 8. The van der Waals surface area contributed by atoms with Crippen molar-refractivity contribution in [3.8, 4) is 5.75 Å². The van der Waals surface area contributed by atoms with Crippen LogP contribution in [0, 0.1) is 5.82 Å². The summed E-state index contributed by atoms with van der Waals surface area (Å²) in [7, 11) is 0. The number of aliphatic hydroxyl groups is 1. The average molecular weight is 318 g/mol. The van der Waals surface area contributed by atoms with Gasteiger partial charge in [0.2, 0.25) is 0 Å². The van der Waals surface area contributed by atoms with Crippen molar-refractivity contribution < 1.29 is 23.8 Å². The molecule has 2 rings (SSSR count). The molecule has 1 N–H and O–H groups in total. The monoisotopic (exact) mass is 318 g/mol. The lowest BCUT2D eigenvalue weighted by atomic mass is 10.1. The first-order chi connectivity index (χ1) is 11.1. The number of hydrogen-bond donors (Lipinski definition) is 1. The Balaban J connectivity index is 1.75. The van der Waals surface area contributed by atoms with E-state index in [0.29, 0.717) is 16.9 Å². The van der Waals surface area contributed by atoms with Gasteiger partial charge in [0.25, 0.3) is 0 Å². The van der Waals surface area contributed by atoms with Crippen molar-refractivity contribution in [1.29, 1.82) is 0 Å². The average Bonchev–Trinajstić information content (AvgIpc) is 2.55. The first-order valence-electron chi connectivity index (χ1n) is 7.29. The van der Waals surface area contributed by atoms with Crippen molar-refractivity contribution in [3.63, 3.8) is 0 Å². The predicted molar refractivity (Wildman–Crippen MR) is 84.0 cm³/mol. The van der Waals surface area contributed by atoms with E-state index in [-0.39, 0.29) is 31.4 Å². The molecule has 0 radical (unpaired) electrons. The standard InChI is InChI=1S/C18H19FO4/c1-13(20)14-6-4-7-17(9-14)23-12-16(21)11-22-10-15-5-2-3-8-18(15)19/h2-9,16,21H,10-12H2,1H3. The summed E-state index contributed by atoms with van der Waals surface area (Å²) >= 11 is 0. The SMILES string of the molecule is CC(=O)c1cccc(OCC(O)COCc2ccccc2F)c1. The van der Waals surface area contributed by atoms with Gasteiger partial charge in [-0.1, -0.05) is 30.3 Å². The largest absolute Gasteiger partial charge is 0.491 e. The molecule has 0 aliphatic rings. The van der Waals surface area contributed by atoms with Crippen LogP contribution in [0.4, 0.5) is 4.39 Å². The van der Waals surface area contributed by atoms with Gasteiger partial charge in [-0.05, 0) is 25.1 Å². The highest BCUT2D eigenvalue weighted by Gasteiger charge is 2.08. The summed E-state index contributed by atoms with van der Waals surface area (Å²) in [5.74, 6) is 0.120. The van der Waals surface area contributed by atoms with Gasteiger partial charge < -0.3 is 14.6 Å². The summed E-state index contributed by atoms with van der Waals surface area (Å²) < 4.78 is 24.1. The van der Waals surface area contributed by atoms with E-state index in [1.807, 2.05) is 0 Å². The quantitative estimate of drug-likeness (QED) is 0.760. The van der Waals surface area contributed by atoms with Crippen LogP contribution in [0.5, 0.6) is 5.75 Å². The molecule has 0 aliphatic carbocycles. The van der Waals surface area contributed by atoms with Crippen LogP contribution in [0.25, 0.3) is 0 Å². The van der Waals surface area contributed by atoms with Crippen LogP contribution in [0.2, 0.25) is 0 Å². The van der Waals surface area contributed by atoms with Crippen LogP contribution in [-0.4, -0.2) is 30.2 Å². The van der Waals surface area contributed by atoms with Gasteiger partial charge in [0.1, 0.15) is 24.3 Å². The van der Waals surface area contributed by atoms with Gasteiger partial charge in [-0.2, -0.15) is 0 Å². The lowest BCUT2D eigenvalue weighted by molar-refractivity contribution is 0.00475. The van der Waals surface area contributed by atoms with Crippen LogP contribution in [0.1, 0.15) is 22.8 Å². The maximum Gasteiger partial charge on any atom is 0.159 e. The van der Waals surface area contributed by atoms with E-state index in [2.05, 4.69) is 0 Å². The van der Waals surface area contributed by atoms with Gasteiger partial charge in [0.15, 0.2) is 5.78 Å². The highest BCUT2D eigenvalue weighted by atomic mass is 19.1. The molecule has 0 aromatic heterocycles. The van der Waals surface area contributed by atoms with Gasteiger partial charge in [0, 0.05) is 11.1 Å². The summed E-state index contributed by atoms with van der Waals surface area (Å²) in [5, 5.41) is 9.83. The van der Waals surface area contributed by atoms with Crippen LogP contribution >= 0.6 is 0 Å². The minimum Gasteiger partial charge on any atom is -0.491 e. The molecule has 23 heavy (non-hydrogen) atoms. The smallest absolute Gasteiger partial charge is 0.159 e. The summed E-state index contributed by atoms with van der Waals surface area (Å²) in [5.41, 5.74) is 0.988. The highest BCUT2D eigenvalue weighted by molar-refractivity contribution is 5.94. The predicted octanol–water partition coefficient (Wildman–Crippen LogP) is 2.98. The summed E-state index contributed by atoms with van der Waals surface area (Å²) in [6.07, 6.45) is -0.845. The van der Waals surface area contributed by atoms with Crippen molar-refractivity contribution in [2.45, 2.75) is 19.6 Å². The van der Waals surface area contributed by atoms with Crippen LogP contribution in [0.3, 0.4) is 0 Å². The van der Waals surface area contributed by atoms with Gasteiger partial charge in [-0.3, -0.25) is 4.79 Å². The molecule has 0 spiro atoms. The van der Waals surface area contributed by atoms with E-state index in [9.17, 15) is 14.3 Å². The number of aliphatic hydroxyl groups excluding tert-OH is 1. The molecule has 2 aromatic rings. The Morgan fingerprint density at radius 1 is 1.17 bits per heavy atom. The fourth-order valence-corrected chi connectivity index (χ4v) is 1.97. The second-order valence-corrected chi connectivity index (χ2v) is 5.16. The van der Waals surface area contributed by atoms with E-state index in [0.717, 1.165) is 0 Å². The topological polar surface area (TPSA) is 55.8 Å². The summed E-state index contributed by atoms with van der Waals surface area (Å²) in [6.45, 7) is 1.62. The van der Waals surface area contributed by atoms with Crippen LogP contribution in [-0.2, 0) is 11.3 Å². The molecule has 1 atom stereocenters. The number of carbonyl (C=O) groups excluding carboxylic acids is 1. The number of benzene rings is 2. The normalized spacial score (nSPS) is 12.0. The molecule has 4 nitrogen and oxygen atoms in total. The maximum absolute atomic E-state index is 13.4. The lowest BCUT2D eigenvalue weighted by Gasteiger charge is -2.13.